The van der Waals surface area contributed by atoms with Crippen LogP contribution in [0.5, 0.6) is 0 Å². The molecule has 0 saturated carbocycles. The number of hydrogen-bond acceptors (Lipinski definition) is 6. The summed E-state index contributed by atoms with van der Waals surface area (Å²) in [6.07, 6.45) is 2.22. The van der Waals surface area contributed by atoms with Gasteiger partial charge in [0.05, 0.1) is 11.2 Å². The quantitative estimate of drug-likeness (QED) is 0.702. The van der Waals surface area contributed by atoms with Crippen molar-refractivity contribution >= 4 is 32.3 Å². The van der Waals surface area contributed by atoms with Crippen LogP contribution in [-0.2, 0) is 28.7 Å². The van der Waals surface area contributed by atoms with Gasteiger partial charge in [-0.1, -0.05) is 36.4 Å². The molecule has 0 radical (unpaired) electrons. The zero-order valence-corrected chi connectivity index (χ0v) is 13.9. The second kappa shape index (κ2) is 8.04. The Morgan fingerprint density at radius 2 is 1.78 bits per heavy atom. The van der Waals surface area contributed by atoms with Crippen LogP contribution in [0.2, 0.25) is 0 Å². The van der Waals surface area contributed by atoms with E-state index in [4.69, 9.17) is 5.11 Å². The molecule has 126 valence electrons. The highest BCUT2D eigenvalue weighted by Crippen LogP contribution is 2.09. The van der Waals surface area contributed by atoms with E-state index in [0.29, 0.717) is 11.0 Å². The van der Waals surface area contributed by atoms with E-state index in [1.165, 1.54) is 19.1 Å². The molecule has 0 saturated heterocycles. The van der Waals surface area contributed by atoms with Crippen molar-refractivity contribution in [1.29, 1.82) is 0 Å². The van der Waals surface area contributed by atoms with E-state index in [0.717, 1.165) is 0 Å². The fourth-order valence-corrected chi connectivity index (χ4v) is 3.77. The first-order chi connectivity index (χ1) is 10.6. The van der Waals surface area contributed by atoms with Gasteiger partial charge in [-0.05, 0) is 25.0 Å². The summed E-state index contributed by atoms with van der Waals surface area (Å²) in [4.78, 5) is 10.5. The van der Waals surface area contributed by atoms with Crippen LogP contribution in [-0.4, -0.2) is 33.7 Å². The van der Waals surface area contributed by atoms with Crippen LogP contribution in [0.1, 0.15) is 18.9 Å². The SMILES string of the molecule is CC(=CCCS(=O)(=O)OS(=O)(=O)C=Cc1ccccc1)C(=O)O. The van der Waals surface area contributed by atoms with E-state index in [1.807, 2.05) is 0 Å². The molecule has 0 fully saturated rings. The van der Waals surface area contributed by atoms with Crippen LogP contribution in [0.25, 0.3) is 6.08 Å². The molecular formula is C14H16O7S2. The van der Waals surface area contributed by atoms with Crippen LogP contribution >= 0.6 is 0 Å². The second-order valence-corrected chi connectivity index (χ2v) is 7.84. The van der Waals surface area contributed by atoms with Crippen LogP contribution in [0, 0.1) is 0 Å². The van der Waals surface area contributed by atoms with Crippen molar-refractivity contribution in [1.82, 2.24) is 0 Å². The molecule has 0 amide bonds. The van der Waals surface area contributed by atoms with Gasteiger partial charge in [-0.25, -0.2) is 4.79 Å². The van der Waals surface area contributed by atoms with Crippen LogP contribution in [0.15, 0.2) is 47.4 Å². The Hall–Kier alpha value is -1.97. The Labute approximate surface area is 135 Å². The van der Waals surface area contributed by atoms with Gasteiger partial charge in [-0.3, -0.25) is 0 Å². The summed E-state index contributed by atoms with van der Waals surface area (Å²) >= 11 is 0. The number of carboxylic acids is 1. The van der Waals surface area contributed by atoms with Gasteiger partial charge in [0.15, 0.2) is 0 Å². The molecule has 0 unspecified atom stereocenters. The highest BCUT2D eigenvalue weighted by atomic mass is 32.3. The molecule has 0 aliphatic heterocycles. The van der Waals surface area contributed by atoms with E-state index < -0.39 is 32.0 Å². The smallest absolute Gasteiger partial charge is 0.330 e. The number of hydrogen-bond donors (Lipinski definition) is 1. The summed E-state index contributed by atoms with van der Waals surface area (Å²) in [6.45, 7) is 1.30. The molecule has 0 aromatic heterocycles. The Morgan fingerprint density at radius 1 is 1.17 bits per heavy atom. The van der Waals surface area contributed by atoms with Crippen molar-refractivity contribution in [3.63, 3.8) is 0 Å². The average Bonchev–Trinajstić information content (AvgIpc) is 2.45. The van der Waals surface area contributed by atoms with E-state index >= 15 is 0 Å². The fraction of sp³-hybridized carbons (Fsp3) is 0.214. The predicted octanol–water partition coefficient (Wildman–Crippen LogP) is 1.75. The highest BCUT2D eigenvalue weighted by Gasteiger charge is 2.20. The third-order valence-electron chi connectivity index (χ3n) is 2.58. The fourth-order valence-electron chi connectivity index (χ4n) is 1.43. The minimum Gasteiger partial charge on any atom is -0.478 e. The van der Waals surface area contributed by atoms with Crippen molar-refractivity contribution in [3.8, 4) is 0 Å². The van der Waals surface area contributed by atoms with Gasteiger partial charge in [0.25, 0.3) is 10.1 Å². The summed E-state index contributed by atoms with van der Waals surface area (Å²) in [5.74, 6) is -1.82. The minimum absolute atomic E-state index is 0.0352. The molecule has 9 heteroatoms. The van der Waals surface area contributed by atoms with Gasteiger partial charge in [-0.15, -0.1) is 3.63 Å². The molecular weight excluding hydrogens is 344 g/mol. The van der Waals surface area contributed by atoms with Crippen LogP contribution in [0.4, 0.5) is 0 Å². The predicted molar refractivity (Wildman–Crippen MR) is 85.3 cm³/mol. The number of aliphatic carboxylic acids is 1. The lowest BCUT2D eigenvalue weighted by atomic mass is 10.2. The zero-order chi connectivity index (χ0) is 17.5. The topological polar surface area (TPSA) is 115 Å². The first-order valence-corrected chi connectivity index (χ1v) is 9.48. The van der Waals surface area contributed by atoms with Gasteiger partial charge in [0, 0.05) is 5.57 Å². The molecule has 1 aromatic carbocycles. The second-order valence-electron chi connectivity index (χ2n) is 4.52. The van der Waals surface area contributed by atoms with Gasteiger partial charge in [-0.2, -0.15) is 16.8 Å². The van der Waals surface area contributed by atoms with Gasteiger partial charge in [0.2, 0.25) is 0 Å². The summed E-state index contributed by atoms with van der Waals surface area (Å²) in [7, 11) is -8.75. The monoisotopic (exact) mass is 360 g/mol. The van der Waals surface area contributed by atoms with Crippen molar-refractivity contribution in [2.75, 3.05) is 5.75 Å². The molecule has 1 N–H and O–H groups in total. The Balaban J connectivity index is 2.70. The van der Waals surface area contributed by atoms with Gasteiger partial charge < -0.3 is 5.11 Å². The van der Waals surface area contributed by atoms with Crippen molar-refractivity contribution < 1.29 is 30.4 Å². The third-order valence-corrected chi connectivity index (χ3v) is 5.37. The van der Waals surface area contributed by atoms with Crippen LogP contribution < -0.4 is 0 Å². The average molecular weight is 360 g/mol. The Kier molecular flexibility index (Phi) is 6.67. The van der Waals surface area contributed by atoms with E-state index in [-0.39, 0.29) is 12.0 Å². The maximum atomic E-state index is 11.6. The van der Waals surface area contributed by atoms with Gasteiger partial charge in [0.1, 0.15) is 0 Å². The van der Waals surface area contributed by atoms with E-state index in [9.17, 15) is 21.6 Å². The highest BCUT2D eigenvalue weighted by molar-refractivity contribution is 8.01. The molecule has 0 spiro atoms. The maximum absolute atomic E-state index is 11.6. The maximum Gasteiger partial charge on any atom is 0.330 e. The van der Waals surface area contributed by atoms with Gasteiger partial charge >= 0.3 is 16.1 Å². The summed E-state index contributed by atoms with van der Waals surface area (Å²) < 4.78 is 50.6. The molecule has 7 nitrogen and oxygen atoms in total. The van der Waals surface area contributed by atoms with Crippen molar-refractivity contribution in [3.05, 3.63) is 53.0 Å². The number of benzene rings is 1. The summed E-state index contributed by atoms with van der Waals surface area (Å²) in [5, 5.41) is 9.27. The summed E-state index contributed by atoms with van der Waals surface area (Å²) in [5.41, 5.74) is 0.532. The van der Waals surface area contributed by atoms with Crippen molar-refractivity contribution in [2.24, 2.45) is 0 Å². The lowest BCUT2D eigenvalue weighted by Gasteiger charge is -2.02. The molecule has 1 rings (SSSR count). The van der Waals surface area contributed by atoms with Crippen molar-refractivity contribution in [2.45, 2.75) is 13.3 Å². The minimum atomic E-state index is -4.41. The summed E-state index contributed by atoms with van der Waals surface area (Å²) in [6, 6.07) is 8.42. The first-order valence-electron chi connectivity index (χ1n) is 6.43. The van der Waals surface area contributed by atoms with E-state index in [2.05, 4.69) is 3.63 Å². The zero-order valence-electron chi connectivity index (χ0n) is 12.2. The Morgan fingerprint density at radius 3 is 2.35 bits per heavy atom. The lowest BCUT2D eigenvalue weighted by molar-refractivity contribution is -0.132. The molecule has 1 aromatic rings. The molecule has 0 bridgehead atoms. The number of rotatable bonds is 8. The Bertz CT molecular complexity index is 804. The molecule has 0 heterocycles. The third kappa shape index (κ3) is 7.73. The largest absolute Gasteiger partial charge is 0.478 e. The van der Waals surface area contributed by atoms with Crippen LogP contribution in [0.3, 0.4) is 0 Å². The normalized spacial score (nSPS) is 13.3. The molecule has 0 atom stereocenters. The molecule has 0 aliphatic rings. The number of allylic oxidation sites excluding steroid dienone is 1. The number of carboxylic acid groups (broad SMARTS) is 1. The number of carbonyl (C=O) groups is 1. The molecule has 23 heavy (non-hydrogen) atoms. The lowest BCUT2D eigenvalue weighted by Crippen LogP contribution is -2.14. The molecule has 0 aliphatic carbocycles. The first kappa shape index (κ1) is 19.1. The van der Waals surface area contributed by atoms with E-state index in [1.54, 1.807) is 30.3 Å². The standard InChI is InChI=1S/C14H16O7S2/c1-12(14(15)16)6-5-10-22(17,18)21-23(19,20)11-9-13-7-3-2-4-8-13/h2-4,6-9,11H,5,10H2,1H3,(H,15,16).